The van der Waals surface area contributed by atoms with E-state index in [4.69, 9.17) is 0 Å². The molecule has 0 N–H and O–H groups in total. The molecule has 1 atom stereocenters. The molecule has 0 saturated carbocycles. The first-order valence-electron chi connectivity index (χ1n) is 3.23. The van der Waals surface area contributed by atoms with E-state index < -0.39 is 16.7 Å². The minimum absolute atomic E-state index is 0.293. The Balaban J connectivity index is 3.44. The molecule has 0 aliphatic heterocycles. The lowest BCUT2D eigenvalue weighted by molar-refractivity contribution is -0.0435. The lowest BCUT2D eigenvalue weighted by Gasteiger charge is -2.11. The molecule has 67 valence electrons. The smallest absolute Gasteiger partial charge is 0.572 e. The molecule has 1 radical (unpaired) electrons. The van der Waals surface area contributed by atoms with Crippen LogP contribution in [0.5, 0.6) is 0 Å². The molecule has 5 heteroatoms. The highest BCUT2D eigenvalue weighted by Gasteiger charge is 2.43. The van der Waals surface area contributed by atoms with Gasteiger partial charge in [-0.05, 0) is 12.8 Å². The summed E-state index contributed by atoms with van der Waals surface area (Å²) in [6.45, 7) is 3.46. The van der Waals surface area contributed by atoms with Crippen molar-refractivity contribution in [2.75, 3.05) is 5.75 Å². The highest BCUT2D eigenvalue weighted by atomic mass is 32.2. The Hall–Kier alpha value is 0.100. The molecule has 0 heterocycles. The maximum Gasteiger partial charge on any atom is 0.572 e. The van der Waals surface area contributed by atoms with Crippen molar-refractivity contribution < 1.29 is 17.7 Å². The Morgan fingerprint density at radius 2 is 1.82 bits per heavy atom. The molecule has 0 aliphatic carbocycles. The van der Waals surface area contributed by atoms with E-state index in [9.17, 15) is 17.7 Å². The zero-order chi connectivity index (χ0) is 8.91. The van der Waals surface area contributed by atoms with Crippen molar-refractivity contribution in [2.45, 2.75) is 24.8 Å². The highest BCUT2D eigenvalue weighted by molar-refractivity contribution is 7.92. The Bertz CT molecular complexity index is 104. The van der Waals surface area contributed by atoms with E-state index in [-0.39, 0.29) is 5.75 Å². The average Bonchev–Trinajstić information content (AvgIpc) is 1.86. The Kier molecular flexibility index (Phi) is 4.92. The molecule has 0 amide bonds. The van der Waals surface area contributed by atoms with Crippen LogP contribution < -0.4 is 0 Å². The molecule has 1 nitrogen and oxygen atoms in total. The van der Waals surface area contributed by atoms with Gasteiger partial charge in [0.05, 0.1) is 11.2 Å². The van der Waals surface area contributed by atoms with Crippen LogP contribution in [0, 0.1) is 6.92 Å². The van der Waals surface area contributed by atoms with Gasteiger partial charge in [0, 0.05) is 0 Å². The van der Waals surface area contributed by atoms with Crippen molar-refractivity contribution in [3.8, 4) is 0 Å². The molecule has 0 aromatic rings. The standard InChI is InChI=1S/C6H10F3OS/c1-2-3-4-5-11(10)6(7,8)9/h1-5H2. The van der Waals surface area contributed by atoms with Crippen LogP contribution in [-0.4, -0.2) is 15.8 Å². The number of unbranched alkanes of at least 4 members (excludes halogenated alkanes) is 2. The predicted octanol–water partition coefficient (Wildman–Crippen LogP) is 2.26. The van der Waals surface area contributed by atoms with Gasteiger partial charge in [0.25, 0.3) is 0 Å². The van der Waals surface area contributed by atoms with Gasteiger partial charge in [-0.25, -0.2) is 0 Å². The SMILES string of the molecule is [CH2]CCCC[S+]([O-])C(F)(F)F. The summed E-state index contributed by atoms with van der Waals surface area (Å²) < 4.78 is 45.0. The van der Waals surface area contributed by atoms with E-state index >= 15 is 0 Å². The third kappa shape index (κ3) is 5.38. The van der Waals surface area contributed by atoms with Crippen LogP contribution in [0.25, 0.3) is 0 Å². The molecule has 0 aliphatic rings. The molecule has 1 unspecified atom stereocenters. The zero-order valence-corrected chi connectivity index (χ0v) is 6.80. The van der Waals surface area contributed by atoms with E-state index in [2.05, 4.69) is 6.92 Å². The second kappa shape index (κ2) is 4.87. The van der Waals surface area contributed by atoms with Crippen LogP contribution in [0.4, 0.5) is 13.2 Å². The normalized spacial score (nSPS) is 15.0. The van der Waals surface area contributed by atoms with Crippen molar-refractivity contribution in [3.05, 3.63) is 6.92 Å². The fourth-order valence-corrected chi connectivity index (χ4v) is 1.22. The fraction of sp³-hybridized carbons (Fsp3) is 0.833. The van der Waals surface area contributed by atoms with Gasteiger partial charge >= 0.3 is 5.51 Å². The monoisotopic (exact) mass is 187 g/mol. The van der Waals surface area contributed by atoms with Crippen molar-refractivity contribution in [3.63, 3.8) is 0 Å². The number of alkyl halides is 3. The first-order valence-corrected chi connectivity index (χ1v) is 4.55. The van der Waals surface area contributed by atoms with E-state index in [1.54, 1.807) is 0 Å². The van der Waals surface area contributed by atoms with E-state index in [1.807, 2.05) is 0 Å². The maximum absolute atomic E-state index is 11.6. The van der Waals surface area contributed by atoms with Gasteiger partial charge in [-0.2, -0.15) is 0 Å². The molecule has 0 aromatic carbocycles. The Morgan fingerprint density at radius 3 is 2.18 bits per heavy atom. The van der Waals surface area contributed by atoms with Gasteiger partial charge in [0.2, 0.25) is 0 Å². The average molecular weight is 187 g/mol. The van der Waals surface area contributed by atoms with Crippen molar-refractivity contribution >= 4 is 11.2 Å². The number of halogens is 3. The number of hydrogen-bond donors (Lipinski definition) is 0. The third-order valence-electron chi connectivity index (χ3n) is 1.09. The highest BCUT2D eigenvalue weighted by Crippen LogP contribution is 2.24. The summed E-state index contributed by atoms with van der Waals surface area (Å²) in [4.78, 5) is 0. The molecule has 0 saturated heterocycles. The van der Waals surface area contributed by atoms with Crippen LogP contribution >= 0.6 is 0 Å². The Labute approximate surface area is 67.2 Å². The minimum atomic E-state index is -4.54. The van der Waals surface area contributed by atoms with E-state index in [0.717, 1.165) is 0 Å². The van der Waals surface area contributed by atoms with Gasteiger partial charge in [-0.3, -0.25) is 0 Å². The van der Waals surface area contributed by atoms with Gasteiger partial charge in [0.15, 0.2) is 0 Å². The molecular formula is C6H10F3OS. The van der Waals surface area contributed by atoms with Crippen LogP contribution in [0.3, 0.4) is 0 Å². The second-order valence-corrected chi connectivity index (χ2v) is 3.62. The number of hydrogen-bond acceptors (Lipinski definition) is 1. The zero-order valence-electron chi connectivity index (χ0n) is 5.99. The van der Waals surface area contributed by atoms with Gasteiger partial charge in [-0.15, -0.1) is 13.2 Å². The van der Waals surface area contributed by atoms with Crippen LogP contribution in [0.2, 0.25) is 0 Å². The topological polar surface area (TPSA) is 23.1 Å². The molecule has 0 bridgehead atoms. The molecule has 0 fully saturated rings. The summed E-state index contributed by atoms with van der Waals surface area (Å²) in [5.74, 6) is -0.293. The second-order valence-electron chi connectivity index (χ2n) is 2.06. The Morgan fingerprint density at radius 1 is 1.27 bits per heavy atom. The predicted molar refractivity (Wildman–Crippen MR) is 38.3 cm³/mol. The summed E-state index contributed by atoms with van der Waals surface area (Å²) in [5, 5.41) is 0. The summed E-state index contributed by atoms with van der Waals surface area (Å²) in [6.07, 6.45) is 1.52. The van der Waals surface area contributed by atoms with Crippen molar-refractivity contribution in [2.24, 2.45) is 0 Å². The molecule has 0 aromatic heterocycles. The van der Waals surface area contributed by atoms with Gasteiger partial charge in [0.1, 0.15) is 5.75 Å². The first kappa shape index (κ1) is 11.1. The van der Waals surface area contributed by atoms with E-state index in [0.29, 0.717) is 19.3 Å². The number of rotatable bonds is 4. The lowest BCUT2D eigenvalue weighted by atomic mass is 10.3. The summed E-state index contributed by atoms with van der Waals surface area (Å²) in [5.41, 5.74) is -4.54. The molecule has 11 heavy (non-hydrogen) atoms. The van der Waals surface area contributed by atoms with Crippen LogP contribution in [-0.2, 0) is 11.2 Å². The van der Waals surface area contributed by atoms with Gasteiger partial charge in [-0.1, -0.05) is 13.3 Å². The lowest BCUT2D eigenvalue weighted by Crippen LogP contribution is -2.25. The summed E-state index contributed by atoms with van der Waals surface area (Å²) >= 11 is -2.67. The molecule has 0 rings (SSSR count). The van der Waals surface area contributed by atoms with Crippen LogP contribution in [0.15, 0.2) is 0 Å². The molecular weight excluding hydrogens is 177 g/mol. The largest absolute Gasteiger partial charge is 0.609 e. The maximum atomic E-state index is 11.6. The van der Waals surface area contributed by atoms with Crippen molar-refractivity contribution in [1.82, 2.24) is 0 Å². The fourth-order valence-electron chi connectivity index (χ4n) is 0.526. The van der Waals surface area contributed by atoms with Crippen LogP contribution in [0.1, 0.15) is 19.3 Å². The molecule has 0 spiro atoms. The van der Waals surface area contributed by atoms with Gasteiger partial charge < -0.3 is 4.55 Å². The minimum Gasteiger partial charge on any atom is -0.609 e. The third-order valence-corrected chi connectivity index (χ3v) is 2.26. The van der Waals surface area contributed by atoms with E-state index in [1.165, 1.54) is 0 Å². The summed E-state index contributed by atoms with van der Waals surface area (Å²) in [6, 6.07) is 0. The quantitative estimate of drug-likeness (QED) is 0.489. The summed E-state index contributed by atoms with van der Waals surface area (Å²) in [7, 11) is 0. The van der Waals surface area contributed by atoms with Crippen molar-refractivity contribution in [1.29, 1.82) is 0 Å². The first-order chi connectivity index (χ1) is 4.98.